The lowest BCUT2D eigenvalue weighted by Crippen LogP contribution is -2.48. The quantitative estimate of drug-likeness (QED) is 0.369. The Balaban J connectivity index is 0.00000243. The van der Waals surface area contributed by atoms with Crippen molar-refractivity contribution in [3.05, 3.63) is 58.3 Å². The Bertz CT molecular complexity index is 637. The van der Waals surface area contributed by atoms with Crippen LogP contribution in [0.15, 0.2) is 52.2 Å². The molecule has 0 saturated carbocycles. The zero-order chi connectivity index (χ0) is 17.3. The van der Waals surface area contributed by atoms with E-state index in [0.717, 1.165) is 51.5 Å². The summed E-state index contributed by atoms with van der Waals surface area (Å²) in [6, 6.07) is 13.4. The molecule has 1 fully saturated rings. The fourth-order valence-electron chi connectivity index (χ4n) is 3.14. The number of hydrogen-bond acceptors (Lipinski definition) is 3. The minimum atomic E-state index is 0. The number of guanidine groups is 1. The van der Waals surface area contributed by atoms with E-state index in [0.29, 0.717) is 6.04 Å². The van der Waals surface area contributed by atoms with Crippen LogP contribution in [-0.4, -0.2) is 36.5 Å². The van der Waals surface area contributed by atoms with Gasteiger partial charge in [0.25, 0.3) is 0 Å². The van der Waals surface area contributed by atoms with Crippen molar-refractivity contribution < 1.29 is 0 Å². The monoisotopic (exact) mass is 484 g/mol. The highest BCUT2D eigenvalue weighted by molar-refractivity contribution is 14.0. The Morgan fingerprint density at radius 2 is 1.92 bits per heavy atom. The van der Waals surface area contributed by atoms with E-state index in [9.17, 15) is 0 Å². The van der Waals surface area contributed by atoms with Gasteiger partial charge in [0.1, 0.15) is 0 Å². The Morgan fingerprint density at radius 1 is 1.15 bits per heavy atom. The van der Waals surface area contributed by atoms with E-state index in [1.165, 1.54) is 11.1 Å². The predicted octanol–water partition coefficient (Wildman–Crippen LogP) is 4.09. The van der Waals surface area contributed by atoms with Crippen molar-refractivity contribution in [1.29, 1.82) is 0 Å². The highest BCUT2D eigenvalue weighted by Gasteiger charge is 2.19. The summed E-state index contributed by atoms with van der Waals surface area (Å²) < 4.78 is 0. The number of aliphatic imine (C=N–C) groups is 1. The van der Waals surface area contributed by atoms with Crippen molar-refractivity contribution in [3.63, 3.8) is 0 Å². The van der Waals surface area contributed by atoms with Crippen molar-refractivity contribution in [3.8, 4) is 0 Å². The molecular weight excluding hydrogens is 455 g/mol. The van der Waals surface area contributed by atoms with Gasteiger partial charge in [-0.15, -0.1) is 24.0 Å². The largest absolute Gasteiger partial charge is 0.357 e. The van der Waals surface area contributed by atoms with Crippen LogP contribution in [0.5, 0.6) is 0 Å². The number of thiophene rings is 1. The van der Waals surface area contributed by atoms with Crippen LogP contribution in [-0.2, 0) is 13.1 Å². The van der Waals surface area contributed by atoms with E-state index in [-0.39, 0.29) is 24.0 Å². The minimum Gasteiger partial charge on any atom is -0.357 e. The van der Waals surface area contributed by atoms with Crippen LogP contribution in [0, 0.1) is 0 Å². The first-order valence-corrected chi connectivity index (χ1v) is 10.1. The number of hydrogen-bond donors (Lipinski definition) is 2. The Labute approximate surface area is 178 Å². The molecule has 1 aromatic carbocycles. The van der Waals surface area contributed by atoms with E-state index in [1.54, 1.807) is 11.3 Å². The molecule has 2 heterocycles. The van der Waals surface area contributed by atoms with Gasteiger partial charge in [0.2, 0.25) is 0 Å². The van der Waals surface area contributed by atoms with Crippen LogP contribution >= 0.6 is 35.3 Å². The number of rotatable bonds is 6. The molecule has 2 N–H and O–H groups in total. The van der Waals surface area contributed by atoms with Crippen LogP contribution in [0.4, 0.5) is 0 Å². The Morgan fingerprint density at radius 3 is 2.58 bits per heavy atom. The molecule has 1 saturated heterocycles. The summed E-state index contributed by atoms with van der Waals surface area (Å²) in [5, 5.41) is 11.3. The third kappa shape index (κ3) is 6.89. The second kappa shape index (κ2) is 11.6. The molecule has 0 unspecified atom stereocenters. The molecule has 0 spiro atoms. The second-order valence-corrected chi connectivity index (χ2v) is 7.29. The summed E-state index contributed by atoms with van der Waals surface area (Å²) in [5.74, 6) is 0.940. The van der Waals surface area contributed by atoms with Crippen molar-refractivity contribution in [2.75, 3.05) is 19.6 Å². The van der Waals surface area contributed by atoms with Crippen LogP contribution < -0.4 is 10.6 Å². The topological polar surface area (TPSA) is 39.7 Å². The molecule has 0 aliphatic carbocycles. The van der Waals surface area contributed by atoms with Crippen molar-refractivity contribution in [2.24, 2.45) is 4.99 Å². The number of nitrogens with zero attached hydrogens (tertiary/aromatic N) is 2. The fraction of sp³-hybridized carbons (Fsp3) is 0.450. The molecule has 1 aromatic heterocycles. The molecule has 2 aromatic rings. The fourth-order valence-corrected chi connectivity index (χ4v) is 3.80. The maximum absolute atomic E-state index is 4.72. The highest BCUT2D eigenvalue weighted by Crippen LogP contribution is 2.14. The molecule has 26 heavy (non-hydrogen) atoms. The van der Waals surface area contributed by atoms with Crippen LogP contribution in [0.2, 0.25) is 0 Å². The van der Waals surface area contributed by atoms with Gasteiger partial charge in [0, 0.05) is 32.2 Å². The number of piperidine rings is 1. The minimum absolute atomic E-state index is 0. The van der Waals surface area contributed by atoms with E-state index < -0.39 is 0 Å². The van der Waals surface area contributed by atoms with Gasteiger partial charge < -0.3 is 10.6 Å². The van der Waals surface area contributed by atoms with Crippen molar-refractivity contribution >= 4 is 41.3 Å². The van der Waals surface area contributed by atoms with Crippen LogP contribution in [0.25, 0.3) is 0 Å². The van der Waals surface area contributed by atoms with E-state index in [2.05, 4.69) is 69.6 Å². The lowest BCUT2D eigenvalue weighted by Gasteiger charge is -2.33. The lowest BCUT2D eigenvalue weighted by atomic mass is 10.0. The molecule has 1 aliphatic heterocycles. The SMILES string of the molecule is CCNC(=NCc1ccsc1)NC1CCN(Cc2ccccc2)CC1.I. The smallest absolute Gasteiger partial charge is 0.191 e. The first-order chi connectivity index (χ1) is 12.3. The van der Waals surface area contributed by atoms with Gasteiger partial charge in [0.15, 0.2) is 5.96 Å². The summed E-state index contributed by atoms with van der Waals surface area (Å²) in [7, 11) is 0. The Kier molecular flexibility index (Phi) is 9.42. The molecule has 6 heteroatoms. The molecule has 4 nitrogen and oxygen atoms in total. The van der Waals surface area contributed by atoms with E-state index in [1.807, 2.05) is 0 Å². The number of nitrogens with one attached hydrogen (secondary N) is 2. The first-order valence-electron chi connectivity index (χ1n) is 9.15. The summed E-state index contributed by atoms with van der Waals surface area (Å²) >= 11 is 1.73. The molecule has 3 rings (SSSR count). The van der Waals surface area contributed by atoms with Gasteiger partial charge in [-0.05, 0) is 47.7 Å². The van der Waals surface area contributed by atoms with Gasteiger partial charge in [-0.2, -0.15) is 11.3 Å². The van der Waals surface area contributed by atoms with Crippen LogP contribution in [0.3, 0.4) is 0 Å². The molecular formula is C20H29IN4S. The number of likely N-dealkylation sites (tertiary alicyclic amines) is 1. The third-order valence-electron chi connectivity index (χ3n) is 4.52. The van der Waals surface area contributed by atoms with Gasteiger partial charge in [-0.1, -0.05) is 30.3 Å². The zero-order valence-corrected chi connectivity index (χ0v) is 18.5. The van der Waals surface area contributed by atoms with Gasteiger partial charge in [0.05, 0.1) is 6.54 Å². The van der Waals surface area contributed by atoms with Gasteiger partial charge >= 0.3 is 0 Å². The average molecular weight is 484 g/mol. The first kappa shape index (κ1) is 21.2. The zero-order valence-electron chi connectivity index (χ0n) is 15.4. The van der Waals surface area contributed by atoms with Crippen LogP contribution in [0.1, 0.15) is 30.9 Å². The van der Waals surface area contributed by atoms with E-state index in [4.69, 9.17) is 4.99 Å². The average Bonchev–Trinajstić information content (AvgIpc) is 3.16. The number of benzene rings is 1. The van der Waals surface area contributed by atoms with E-state index >= 15 is 0 Å². The predicted molar refractivity (Wildman–Crippen MR) is 122 cm³/mol. The lowest BCUT2D eigenvalue weighted by molar-refractivity contribution is 0.198. The summed E-state index contributed by atoms with van der Waals surface area (Å²) in [6.07, 6.45) is 2.32. The summed E-state index contributed by atoms with van der Waals surface area (Å²) in [5.41, 5.74) is 2.68. The maximum atomic E-state index is 4.72. The summed E-state index contributed by atoms with van der Waals surface area (Å²) in [6.45, 7) is 7.07. The normalized spacial score (nSPS) is 16.1. The molecule has 0 amide bonds. The van der Waals surface area contributed by atoms with Crippen molar-refractivity contribution in [1.82, 2.24) is 15.5 Å². The standard InChI is InChI=1S/C20H28N4S.HI/c1-2-21-20(22-14-18-10-13-25-16-18)23-19-8-11-24(12-9-19)15-17-6-4-3-5-7-17;/h3-7,10,13,16,19H,2,8-9,11-12,14-15H2,1H3,(H2,21,22,23);1H. The maximum Gasteiger partial charge on any atom is 0.191 e. The third-order valence-corrected chi connectivity index (χ3v) is 5.25. The molecule has 0 bridgehead atoms. The van der Waals surface area contributed by atoms with Crippen molar-refractivity contribution in [2.45, 2.75) is 38.9 Å². The van der Waals surface area contributed by atoms with Gasteiger partial charge in [-0.25, -0.2) is 4.99 Å². The Hall–Kier alpha value is -1.12. The molecule has 1 aliphatic rings. The summed E-state index contributed by atoms with van der Waals surface area (Å²) in [4.78, 5) is 7.27. The number of halogens is 1. The second-order valence-electron chi connectivity index (χ2n) is 6.51. The molecule has 0 atom stereocenters. The highest BCUT2D eigenvalue weighted by atomic mass is 127. The molecule has 0 radical (unpaired) electrons. The molecule has 142 valence electrons. The van der Waals surface area contributed by atoms with Gasteiger partial charge in [-0.3, -0.25) is 4.90 Å².